The molecule has 2 rings (SSSR count). The van der Waals surface area contributed by atoms with Gasteiger partial charge in [-0.05, 0) is 24.6 Å². The van der Waals surface area contributed by atoms with Gasteiger partial charge in [-0.2, -0.15) is 0 Å². The average Bonchev–Trinajstić information content (AvgIpc) is 2.42. The molecule has 0 aliphatic carbocycles. The van der Waals surface area contributed by atoms with E-state index in [0.29, 0.717) is 10.6 Å². The van der Waals surface area contributed by atoms with Crippen LogP contribution in [0.4, 0.5) is 0 Å². The van der Waals surface area contributed by atoms with Gasteiger partial charge < -0.3 is 14.8 Å². The molecule has 0 fully saturated rings. The van der Waals surface area contributed by atoms with Crippen molar-refractivity contribution in [2.24, 2.45) is 0 Å². The molecule has 114 valence electrons. The van der Waals surface area contributed by atoms with E-state index in [1.54, 1.807) is 0 Å². The van der Waals surface area contributed by atoms with Crippen LogP contribution < -0.4 is 5.43 Å². The minimum atomic E-state index is -1.40. The summed E-state index contributed by atoms with van der Waals surface area (Å²) in [6.45, 7) is 0.984. The van der Waals surface area contributed by atoms with E-state index in [0.717, 1.165) is 0 Å². The summed E-state index contributed by atoms with van der Waals surface area (Å²) in [5.41, 5.74) is -0.485. The van der Waals surface area contributed by atoms with Crippen molar-refractivity contribution >= 4 is 23.5 Å². The van der Waals surface area contributed by atoms with Gasteiger partial charge >= 0.3 is 11.9 Å². The number of halogens is 1. The summed E-state index contributed by atoms with van der Waals surface area (Å²) in [5.74, 6) is -2.55. The molecule has 0 atom stereocenters. The number of carbonyl (C=O) groups is 2. The van der Waals surface area contributed by atoms with Crippen molar-refractivity contribution in [2.45, 2.75) is 13.5 Å². The number of rotatable bonds is 4. The number of aryl methyl sites for hydroxylation is 1. The van der Waals surface area contributed by atoms with E-state index in [4.69, 9.17) is 16.7 Å². The third kappa shape index (κ3) is 3.01. The molecule has 0 saturated carbocycles. The molecule has 2 N–H and O–H groups in total. The molecular weight excluding hydrogens is 310 g/mol. The van der Waals surface area contributed by atoms with Crippen LogP contribution in [0.1, 0.15) is 15.9 Å². The molecule has 7 heteroatoms. The lowest BCUT2D eigenvalue weighted by Crippen LogP contribution is -2.24. The predicted molar refractivity (Wildman–Crippen MR) is 80.5 cm³/mol. The highest BCUT2D eigenvalue weighted by Crippen LogP contribution is 2.24. The molecule has 0 radical (unpaired) electrons. The van der Waals surface area contributed by atoms with Crippen molar-refractivity contribution in [2.75, 3.05) is 0 Å². The first-order chi connectivity index (χ1) is 10.3. The second-order valence-corrected chi connectivity index (χ2v) is 5.13. The first kappa shape index (κ1) is 15.8. The molecule has 1 aromatic carbocycles. The number of carboxylic acid groups (broad SMARTS) is 2. The topological polar surface area (TPSA) is 96.6 Å². The van der Waals surface area contributed by atoms with Gasteiger partial charge in [0.1, 0.15) is 12.1 Å². The molecule has 0 unspecified atom stereocenters. The van der Waals surface area contributed by atoms with Crippen molar-refractivity contribution in [1.82, 2.24) is 4.57 Å². The number of carboxylic acids is 2. The van der Waals surface area contributed by atoms with Gasteiger partial charge in [0.25, 0.3) is 0 Å². The zero-order valence-corrected chi connectivity index (χ0v) is 12.3. The predicted octanol–water partition coefficient (Wildman–Crippen LogP) is 2.26. The number of benzene rings is 1. The Morgan fingerprint density at radius 3 is 2.27 bits per heavy atom. The number of hydrogen-bond acceptors (Lipinski definition) is 3. The Morgan fingerprint density at radius 1 is 1.18 bits per heavy atom. The Balaban J connectivity index is 2.85. The maximum absolute atomic E-state index is 12.1. The molecule has 6 nitrogen and oxygen atoms in total. The second kappa shape index (κ2) is 6.03. The lowest BCUT2D eigenvalue weighted by Gasteiger charge is -2.15. The largest absolute Gasteiger partial charge is 0.480 e. The quantitative estimate of drug-likeness (QED) is 0.900. The fourth-order valence-corrected chi connectivity index (χ4v) is 2.32. The summed E-state index contributed by atoms with van der Waals surface area (Å²) >= 11 is 5.80. The normalized spacial score (nSPS) is 10.5. The molecule has 2 aromatic rings. The summed E-state index contributed by atoms with van der Waals surface area (Å²) in [6, 6.07) is 6.16. The maximum Gasteiger partial charge on any atom is 0.341 e. The SMILES string of the molecule is Cc1cn(CC(=O)O)c(-c2ccc(Cl)cc2)c(C(=O)O)c1=O. The van der Waals surface area contributed by atoms with Gasteiger partial charge in [0.15, 0.2) is 5.43 Å². The summed E-state index contributed by atoms with van der Waals surface area (Å²) < 4.78 is 1.24. The van der Waals surface area contributed by atoms with E-state index in [1.165, 1.54) is 42.0 Å². The smallest absolute Gasteiger partial charge is 0.341 e. The van der Waals surface area contributed by atoms with Crippen molar-refractivity contribution in [3.8, 4) is 11.3 Å². The number of nitrogens with zero attached hydrogens (tertiary/aromatic N) is 1. The first-order valence-corrected chi connectivity index (χ1v) is 6.64. The molecule has 1 aromatic heterocycles. The molecule has 0 aliphatic rings. The van der Waals surface area contributed by atoms with Crippen LogP contribution in [0.15, 0.2) is 35.3 Å². The lowest BCUT2D eigenvalue weighted by atomic mass is 10.0. The van der Waals surface area contributed by atoms with Gasteiger partial charge in [-0.25, -0.2) is 4.79 Å². The van der Waals surface area contributed by atoms with Crippen LogP contribution >= 0.6 is 11.6 Å². The second-order valence-electron chi connectivity index (χ2n) is 4.70. The van der Waals surface area contributed by atoms with Crippen LogP contribution in [0, 0.1) is 6.92 Å². The van der Waals surface area contributed by atoms with Gasteiger partial charge in [0, 0.05) is 16.8 Å². The Kier molecular flexibility index (Phi) is 4.32. The Bertz CT molecular complexity index is 808. The van der Waals surface area contributed by atoms with Gasteiger partial charge in [-0.15, -0.1) is 0 Å². The monoisotopic (exact) mass is 321 g/mol. The van der Waals surface area contributed by atoms with E-state index >= 15 is 0 Å². The third-order valence-corrected chi connectivity index (χ3v) is 3.35. The highest BCUT2D eigenvalue weighted by atomic mass is 35.5. The molecule has 0 aliphatic heterocycles. The molecule has 0 amide bonds. The third-order valence-electron chi connectivity index (χ3n) is 3.10. The zero-order chi connectivity index (χ0) is 16.4. The molecular formula is C15H12ClNO5. The average molecular weight is 322 g/mol. The van der Waals surface area contributed by atoms with Gasteiger partial charge in [-0.3, -0.25) is 9.59 Å². The standard InChI is InChI=1S/C15H12ClNO5/c1-8-6-17(7-11(18)19)13(12(14(8)20)15(21)22)9-2-4-10(16)5-3-9/h2-6H,7H2,1H3,(H,18,19)(H,21,22). The fraction of sp³-hybridized carbons (Fsp3) is 0.133. The van der Waals surface area contributed by atoms with E-state index in [2.05, 4.69) is 0 Å². The Labute approximate surface area is 130 Å². The van der Waals surface area contributed by atoms with Gasteiger partial charge in [-0.1, -0.05) is 23.7 Å². The Morgan fingerprint density at radius 2 is 1.77 bits per heavy atom. The number of hydrogen-bond donors (Lipinski definition) is 2. The van der Waals surface area contributed by atoms with Gasteiger partial charge in [0.05, 0.1) is 5.69 Å². The van der Waals surface area contributed by atoms with E-state index in [9.17, 15) is 19.5 Å². The zero-order valence-electron chi connectivity index (χ0n) is 11.5. The Hall–Kier alpha value is -2.60. The maximum atomic E-state index is 12.1. The van der Waals surface area contributed by atoms with Crippen molar-refractivity contribution in [1.29, 1.82) is 0 Å². The molecule has 0 spiro atoms. The molecule has 0 bridgehead atoms. The highest BCUT2D eigenvalue weighted by molar-refractivity contribution is 6.30. The number of pyridine rings is 1. The van der Waals surface area contributed by atoms with Crippen LogP contribution in [0.5, 0.6) is 0 Å². The van der Waals surface area contributed by atoms with Gasteiger partial charge in [0.2, 0.25) is 0 Å². The molecule has 22 heavy (non-hydrogen) atoms. The van der Waals surface area contributed by atoms with Crippen LogP contribution in [-0.4, -0.2) is 26.7 Å². The first-order valence-electron chi connectivity index (χ1n) is 6.26. The van der Waals surface area contributed by atoms with E-state index in [1.807, 2.05) is 0 Å². The molecule has 0 saturated heterocycles. The number of aromatic nitrogens is 1. The van der Waals surface area contributed by atoms with Crippen LogP contribution in [-0.2, 0) is 11.3 Å². The highest BCUT2D eigenvalue weighted by Gasteiger charge is 2.22. The summed E-state index contributed by atoms with van der Waals surface area (Å²) in [5, 5.41) is 18.8. The summed E-state index contributed by atoms with van der Waals surface area (Å²) in [4.78, 5) is 34.6. The van der Waals surface area contributed by atoms with Crippen LogP contribution in [0.3, 0.4) is 0 Å². The molecule has 1 heterocycles. The van der Waals surface area contributed by atoms with Crippen molar-refractivity contribution in [3.63, 3.8) is 0 Å². The van der Waals surface area contributed by atoms with Crippen LogP contribution in [0.2, 0.25) is 5.02 Å². The van der Waals surface area contributed by atoms with Crippen LogP contribution in [0.25, 0.3) is 11.3 Å². The fourth-order valence-electron chi connectivity index (χ4n) is 2.19. The lowest BCUT2D eigenvalue weighted by molar-refractivity contribution is -0.137. The number of aromatic carboxylic acids is 1. The van der Waals surface area contributed by atoms with E-state index < -0.39 is 29.5 Å². The van der Waals surface area contributed by atoms with E-state index in [-0.39, 0.29) is 11.3 Å². The van der Waals surface area contributed by atoms with Crippen molar-refractivity contribution in [3.05, 3.63) is 56.8 Å². The summed E-state index contributed by atoms with van der Waals surface area (Å²) in [7, 11) is 0. The summed E-state index contributed by atoms with van der Waals surface area (Å²) in [6.07, 6.45) is 1.34. The minimum absolute atomic E-state index is 0.0437. The number of aliphatic carboxylic acids is 1. The minimum Gasteiger partial charge on any atom is -0.480 e. The van der Waals surface area contributed by atoms with Crippen molar-refractivity contribution < 1.29 is 19.8 Å².